The summed E-state index contributed by atoms with van der Waals surface area (Å²) in [7, 11) is 0. The minimum Gasteiger partial charge on any atom is -0.444 e. The number of hydrogen-bond acceptors (Lipinski definition) is 7. The molecule has 1 aromatic carbocycles. The van der Waals surface area contributed by atoms with Crippen LogP contribution in [0, 0.1) is 5.92 Å². The smallest absolute Gasteiger partial charge is 0.410 e. The molecule has 3 N–H and O–H groups in total. The highest BCUT2D eigenvalue weighted by molar-refractivity contribution is 5.83. The number of nitrogens with zero attached hydrogens (tertiary/aromatic N) is 4. The molecule has 1 unspecified atom stereocenters. The van der Waals surface area contributed by atoms with Crippen LogP contribution in [-0.4, -0.2) is 55.9 Å². The van der Waals surface area contributed by atoms with E-state index in [1.165, 1.54) is 0 Å². The summed E-state index contributed by atoms with van der Waals surface area (Å²) in [6.07, 6.45) is 5.94. The van der Waals surface area contributed by atoms with Crippen molar-refractivity contribution in [3.8, 4) is 0 Å². The Labute approximate surface area is 187 Å². The molecule has 168 valence electrons. The average molecular weight is 436 g/mol. The molecule has 0 radical (unpaired) electrons. The maximum absolute atomic E-state index is 12.4. The topological polar surface area (TPSA) is 108 Å². The van der Waals surface area contributed by atoms with Crippen LogP contribution in [0.3, 0.4) is 0 Å². The molecule has 5 rings (SSSR count). The van der Waals surface area contributed by atoms with Gasteiger partial charge in [0, 0.05) is 42.2 Å². The first kappa shape index (κ1) is 20.5. The van der Waals surface area contributed by atoms with Crippen molar-refractivity contribution in [2.24, 2.45) is 5.92 Å². The van der Waals surface area contributed by atoms with Gasteiger partial charge in [0.2, 0.25) is 0 Å². The summed E-state index contributed by atoms with van der Waals surface area (Å²) in [6.45, 7) is 7.14. The second-order valence-corrected chi connectivity index (χ2v) is 9.61. The summed E-state index contributed by atoms with van der Waals surface area (Å²) in [5.74, 6) is 2.20. The number of aromatic nitrogens is 4. The number of nitrogens with one attached hydrogen (secondary N) is 3. The second-order valence-electron chi connectivity index (χ2n) is 9.61. The number of benzene rings is 1. The zero-order valence-electron chi connectivity index (χ0n) is 18.7. The molecule has 1 fully saturated rings. The van der Waals surface area contributed by atoms with Crippen molar-refractivity contribution < 1.29 is 9.53 Å². The molecule has 2 aliphatic rings. The number of amides is 1. The summed E-state index contributed by atoms with van der Waals surface area (Å²) < 4.78 is 5.52. The highest BCUT2D eigenvalue weighted by atomic mass is 16.6. The molecular weight excluding hydrogens is 406 g/mol. The monoisotopic (exact) mass is 435 g/mol. The lowest BCUT2D eigenvalue weighted by molar-refractivity contribution is 0.0178. The number of carbonyl (C=O) groups excluding carboxylic acids is 1. The summed E-state index contributed by atoms with van der Waals surface area (Å²) in [6, 6.07) is 6.37. The molecule has 0 saturated carbocycles. The largest absolute Gasteiger partial charge is 0.444 e. The Hall–Kier alpha value is -3.36. The maximum atomic E-state index is 12.4. The van der Waals surface area contributed by atoms with Crippen LogP contribution >= 0.6 is 0 Å². The van der Waals surface area contributed by atoms with E-state index in [1.807, 2.05) is 44.0 Å². The molecule has 0 spiro atoms. The fraction of sp³-hybridized carbons (Fsp3) is 0.478. The zero-order valence-corrected chi connectivity index (χ0v) is 18.7. The fourth-order valence-corrected chi connectivity index (χ4v) is 4.54. The van der Waals surface area contributed by atoms with E-state index < -0.39 is 5.60 Å². The van der Waals surface area contributed by atoms with Crippen molar-refractivity contribution in [1.29, 1.82) is 0 Å². The van der Waals surface area contributed by atoms with Crippen molar-refractivity contribution in [2.45, 2.75) is 51.7 Å². The van der Waals surface area contributed by atoms with Gasteiger partial charge >= 0.3 is 6.09 Å². The molecule has 1 atom stereocenters. The first-order valence-corrected chi connectivity index (χ1v) is 11.1. The SMILES string of the molecule is CC(C)(C)OC(=O)N1CCC(C2Cc3c(Nc4ccc5[nH]ncc5c4)ncnc3N2)CC1. The van der Waals surface area contributed by atoms with Gasteiger partial charge in [-0.1, -0.05) is 0 Å². The van der Waals surface area contributed by atoms with E-state index in [1.54, 1.807) is 6.33 Å². The van der Waals surface area contributed by atoms with Crippen LogP contribution in [0.2, 0.25) is 0 Å². The van der Waals surface area contributed by atoms with Gasteiger partial charge in [-0.25, -0.2) is 14.8 Å². The lowest BCUT2D eigenvalue weighted by atomic mass is 9.88. The Morgan fingerprint density at radius 2 is 2.03 bits per heavy atom. The Kier molecular flexibility index (Phi) is 5.11. The first-order valence-electron chi connectivity index (χ1n) is 11.1. The van der Waals surface area contributed by atoms with Gasteiger partial charge in [-0.3, -0.25) is 5.10 Å². The molecular formula is C23H29N7O2. The van der Waals surface area contributed by atoms with Gasteiger partial charge in [-0.15, -0.1) is 0 Å². The van der Waals surface area contributed by atoms with Crippen LogP contribution < -0.4 is 10.6 Å². The highest BCUT2D eigenvalue weighted by Crippen LogP contribution is 2.36. The predicted molar refractivity (Wildman–Crippen MR) is 123 cm³/mol. The van der Waals surface area contributed by atoms with Gasteiger partial charge in [-0.2, -0.15) is 5.10 Å². The molecule has 9 heteroatoms. The van der Waals surface area contributed by atoms with E-state index in [0.717, 1.165) is 66.1 Å². The number of ether oxygens (including phenoxy) is 1. The van der Waals surface area contributed by atoms with Crippen LogP contribution in [0.15, 0.2) is 30.7 Å². The zero-order chi connectivity index (χ0) is 22.3. The third-order valence-corrected chi connectivity index (χ3v) is 6.15. The predicted octanol–water partition coefficient (Wildman–Crippen LogP) is 4.08. The van der Waals surface area contributed by atoms with Gasteiger partial charge in [0.05, 0.1) is 11.7 Å². The highest BCUT2D eigenvalue weighted by Gasteiger charge is 2.35. The molecule has 1 amide bonds. The Bertz CT molecular complexity index is 1130. The van der Waals surface area contributed by atoms with Crippen LogP contribution in [0.1, 0.15) is 39.2 Å². The molecule has 4 heterocycles. The fourth-order valence-electron chi connectivity index (χ4n) is 4.54. The standard InChI is InChI=1S/C23H29N7O2/c1-23(2,3)32-22(31)30-8-6-14(7-9-30)19-11-17-20(24-13-25-21(17)28-19)27-16-4-5-18-15(10-16)12-26-29-18/h4-5,10,12-14,19H,6-9,11H2,1-3H3,(H,26,29)(H2,24,25,27,28). The van der Waals surface area contributed by atoms with Gasteiger partial charge in [0.25, 0.3) is 0 Å². The molecule has 1 saturated heterocycles. The summed E-state index contributed by atoms with van der Waals surface area (Å²) in [4.78, 5) is 23.2. The molecule has 2 aromatic heterocycles. The number of carbonyl (C=O) groups is 1. The van der Waals surface area contributed by atoms with E-state index in [-0.39, 0.29) is 6.09 Å². The maximum Gasteiger partial charge on any atom is 0.410 e. The number of likely N-dealkylation sites (tertiary alicyclic amines) is 1. The third kappa shape index (κ3) is 4.19. The number of fused-ring (bicyclic) bond motifs is 2. The van der Waals surface area contributed by atoms with Crippen LogP contribution in [0.4, 0.5) is 22.1 Å². The molecule has 3 aromatic rings. The van der Waals surface area contributed by atoms with Gasteiger partial charge in [0.15, 0.2) is 0 Å². The van der Waals surface area contributed by atoms with E-state index in [9.17, 15) is 4.79 Å². The second kappa shape index (κ2) is 7.96. The van der Waals surface area contributed by atoms with Gasteiger partial charge < -0.3 is 20.3 Å². The third-order valence-electron chi connectivity index (χ3n) is 6.15. The normalized spacial score (nSPS) is 19.0. The molecule has 9 nitrogen and oxygen atoms in total. The average Bonchev–Trinajstić information content (AvgIpc) is 3.40. The van der Waals surface area contributed by atoms with Crippen molar-refractivity contribution in [2.75, 3.05) is 23.7 Å². The number of rotatable bonds is 3. The minimum absolute atomic E-state index is 0.217. The Morgan fingerprint density at radius 1 is 1.22 bits per heavy atom. The molecule has 32 heavy (non-hydrogen) atoms. The summed E-state index contributed by atoms with van der Waals surface area (Å²) in [5, 5.41) is 15.1. The van der Waals surface area contributed by atoms with E-state index in [4.69, 9.17) is 4.74 Å². The van der Waals surface area contributed by atoms with Crippen molar-refractivity contribution >= 4 is 34.3 Å². The summed E-state index contributed by atoms with van der Waals surface area (Å²) >= 11 is 0. The quantitative estimate of drug-likeness (QED) is 0.569. The Morgan fingerprint density at radius 3 is 2.81 bits per heavy atom. The lowest BCUT2D eigenvalue weighted by Gasteiger charge is -2.35. The molecule has 2 aliphatic heterocycles. The van der Waals surface area contributed by atoms with Crippen LogP contribution in [0.25, 0.3) is 10.9 Å². The van der Waals surface area contributed by atoms with Crippen molar-refractivity contribution in [3.63, 3.8) is 0 Å². The van der Waals surface area contributed by atoms with E-state index in [0.29, 0.717) is 12.0 Å². The number of H-pyrrole nitrogens is 1. The Balaban J connectivity index is 1.23. The first-order chi connectivity index (χ1) is 15.4. The number of anilines is 3. The van der Waals surface area contributed by atoms with E-state index >= 15 is 0 Å². The van der Waals surface area contributed by atoms with Crippen molar-refractivity contribution in [1.82, 2.24) is 25.1 Å². The van der Waals surface area contributed by atoms with E-state index in [2.05, 4.69) is 36.9 Å². The number of piperidine rings is 1. The summed E-state index contributed by atoms with van der Waals surface area (Å²) in [5.41, 5.74) is 2.61. The van der Waals surface area contributed by atoms with Gasteiger partial charge in [0.1, 0.15) is 23.6 Å². The lowest BCUT2D eigenvalue weighted by Crippen LogP contribution is -2.44. The number of aromatic amines is 1. The van der Waals surface area contributed by atoms with Crippen LogP contribution in [-0.2, 0) is 11.2 Å². The van der Waals surface area contributed by atoms with Gasteiger partial charge in [-0.05, 0) is 57.7 Å². The minimum atomic E-state index is -0.465. The van der Waals surface area contributed by atoms with Crippen molar-refractivity contribution in [3.05, 3.63) is 36.3 Å². The molecule has 0 aliphatic carbocycles. The molecule has 0 bridgehead atoms. The van der Waals surface area contributed by atoms with Crippen LogP contribution in [0.5, 0.6) is 0 Å². The number of hydrogen-bond donors (Lipinski definition) is 3.